The van der Waals surface area contributed by atoms with Gasteiger partial charge in [0.1, 0.15) is 5.75 Å². The minimum atomic E-state index is -4.69. The highest BCUT2D eigenvalue weighted by Gasteiger charge is 2.31. The molecule has 0 spiro atoms. The van der Waals surface area contributed by atoms with E-state index in [0.29, 0.717) is 11.8 Å². The summed E-state index contributed by atoms with van der Waals surface area (Å²) in [6.45, 7) is 5.33. The van der Waals surface area contributed by atoms with E-state index < -0.39 is 39.2 Å². The van der Waals surface area contributed by atoms with Crippen molar-refractivity contribution in [1.29, 1.82) is 0 Å². The molecule has 0 aliphatic carbocycles. The molecule has 6 nitrogen and oxygen atoms in total. The largest absolute Gasteiger partial charge is 0.483 e. The lowest BCUT2D eigenvalue weighted by atomic mass is 10.0. The Hall–Kier alpha value is -2.59. The third kappa shape index (κ3) is 6.20. The van der Waals surface area contributed by atoms with Gasteiger partial charge in [0, 0.05) is 0 Å². The summed E-state index contributed by atoms with van der Waals surface area (Å²) in [6, 6.07) is 8.76. The molecule has 0 atom stereocenters. The van der Waals surface area contributed by atoms with Gasteiger partial charge in [-0.1, -0.05) is 32.0 Å². The number of hydrazine groups is 1. The molecule has 0 saturated heterocycles. The molecule has 0 aliphatic rings. The first kappa shape index (κ1) is 22.7. The van der Waals surface area contributed by atoms with E-state index in [2.05, 4.69) is 0 Å². The Bertz CT molecular complexity index is 989. The van der Waals surface area contributed by atoms with Crippen molar-refractivity contribution in [3.8, 4) is 5.75 Å². The number of amides is 1. The van der Waals surface area contributed by atoms with Crippen molar-refractivity contribution < 1.29 is 31.1 Å². The quantitative estimate of drug-likeness (QED) is 0.659. The molecule has 2 rings (SSSR count). The second-order valence-electron chi connectivity index (χ2n) is 6.65. The van der Waals surface area contributed by atoms with Crippen LogP contribution in [0.25, 0.3) is 0 Å². The van der Waals surface area contributed by atoms with Crippen LogP contribution in [0.15, 0.2) is 47.4 Å². The summed E-state index contributed by atoms with van der Waals surface area (Å²) < 4.78 is 67.9. The molecule has 0 aliphatic heterocycles. The average molecular weight is 430 g/mol. The summed E-state index contributed by atoms with van der Waals surface area (Å²) in [6.07, 6.45) is -4.69. The third-order valence-electron chi connectivity index (χ3n) is 4.03. The molecule has 0 unspecified atom stereocenters. The van der Waals surface area contributed by atoms with Crippen LogP contribution in [-0.2, 0) is 21.0 Å². The fraction of sp³-hybridized carbons (Fsp3) is 0.316. The lowest BCUT2D eigenvalue weighted by Gasteiger charge is -2.13. The smallest absolute Gasteiger partial charge is 0.416 e. The number of rotatable bonds is 7. The first-order valence-electron chi connectivity index (χ1n) is 8.61. The average Bonchev–Trinajstić information content (AvgIpc) is 2.65. The van der Waals surface area contributed by atoms with E-state index in [1.165, 1.54) is 0 Å². The summed E-state index contributed by atoms with van der Waals surface area (Å²) in [5, 5.41) is 0. The van der Waals surface area contributed by atoms with Gasteiger partial charge < -0.3 is 4.74 Å². The van der Waals surface area contributed by atoms with Crippen molar-refractivity contribution in [3.63, 3.8) is 0 Å². The predicted molar refractivity (Wildman–Crippen MR) is 101 cm³/mol. The Balaban J connectivity index is 1.99. The van der Waals surface area contributed by atoms with Crippen LogP contribution in [0.4, 0.5) is 13.2 Å². The molecule has 0 bridgehead atoms. The molecule has 0 saturated carbocycles. The Labute approximate surface area is 167 Å². The van der Waals surface area contributed by atoms with Gasteiger partial charge in [0.25, 0.3) is 15.9 Å². The molecular formula is C19H21F3N2O4S. The number of aryl methyl sites for hydroxylation is 1. The topological polar surface area (TPSA) is 84.5 Å². The van der Waals surface area contributed by atoms with Gasteiger partial charge in [-0.2, -0.15) is 13.2 Å². The Morgan fingerprint density at radius 1 is 1.14 bits per heavy atom. The zero-order valence-corrected chi connectivity index (χ0v) is 16.8. The molecule has 0 heterocycles. The number of alkyl halides is 3. The summed E-state index contributed by atoms with van der Waals surface area (Å²) >= 11 is 0. The molecule has 10 heteroatoms. The van der Waals surface area contributed by atoms with Crippen LogP contribution in [0.3, 0.4) is 0 Å². The van der Waals surface area contributed by atoms with E-state index in [1.54, 1.807) is 17.8 Å². The highest BCUT2D eigenvalue weighted by Crippen LogP contribution is 2.30. The summed E-state index contributed by atoms with van der Waals surface area (Å²) in [5.41, 5.74) is 2.62. The van der Waals surface area contributed by atoms with Gasteiger partial charge in [-0.3, -0.25) is 10.2 Å². The van der Waals surface area contributed by atoms with Gasteiger partial charge in [0.05, 0.1) is 10.5 Å². The van der Waals surface area contributed by atoms with Crippen molar-refractivity contribution in [2.24, 2.45) is 0 Å². The van der Waals surface area contributed by atoms with Gasteiger partial charge in [-0.05, 0) is 48.2 Å². The standard InChI is InChI=1S/C19H21F3N2O4S/c1-12(2)14-8-7-13(3)17(9-14)28-11-18(25)23-24-29(26,27)16-6-4-5-15(10-16)19(20,21)22/h4-10,12,24H,11H2,1-3H3,(H,23,25). The molecule has 0 aromatic heterocycles. The second kappa shape index (κ2) is 8.83. The van der Waals surface area contributed by atoms with Crippen LogP contribution < -0.4 is 15.0 Å². The van der Waals surface area contributed by atoms with E-state index in [9.17, 15) is 26.4 Å². The molecule has 29 heavy (non-hydrogen) atoms. The van der Waals surface area contributed by atoms with Crippen molar-refractivity contribution in [1.82, 2.24) is 10.3 Å². The van der Waals surface area contributed by atoms with Crippen LogP contribution in [0.5, 0.6) is 5.75 Å². The van der Waals surface area contributed by atoms with Crippen LogP contribution >= 0.6 is 0 Å². The number of hydrogen-bond donors (Lipinski definition) is 2. The van der Waals surface area contributed by atoms with Crippen molar-refractivity contribution in [2.75, 3.05) is 6.61 Å². The zero-order valence-electron chi connectivity index (χ0n) is 16.0. The van der Waals surface area contributed by atoms with E-state index in [0.717, 1.165) is 29.3 Å². The second-order valence-corrected chi connectivity index (χ2v) is 8.33. The molecule has 2 N–H and O–H groups in total. The van der Waals surface area contributed by atoms with Crippen LogP contribution in [0.2, 0.25) is 0 Å². The fourth-order valence-corrected chi connectivity index (χ4v) is 3.24. The number of benzene rings is 2. The lowest BCUT2D eigenvalue weighted by Crippen LogP contribution is -2.43. The molecule has 0 fully saturated rings. The van der Waals surface area contributed by atoms with Crippen LogP contribution in [0.1, 0.15) is 36.5 Å². The van der Waals surface area contributed by atoms with Gasteiger partial charge >= 0.3 is 6.18 Å². The first-order valence-corrected chi connectivity index (χ1v) is 10.1. The molecule has 2 aromatic rings. The zero-order chi connectivity index (χ0) is 21.8. The highest BCUT2D eigenvalue weighted by atomic mass is 32.2. The van der Waals surface area contributed by atoms with E-state index in [1.807, 2.05) is 31.4 Å². The van der Waals surface area contributed by atoms with E-state index >= 15 is 0 Å². The SMILES string of the molecule is Cc1ccc(C(C)C)cc1OCC(=O)NNS(=O)(=O)c1cccc(C(F)(F)F)c1. The molecule has 1 amide bonds. The monoisotopic (exact) mass is 430 g/mol. The molecule has 0 radical (unpaired) electrons. The minimum Gasteiger partial charge on any atom is -0.483 e. The van der Waals surface area contributed by atoms with Crippen molar-refractivity contribution in [3.05, 3.63) is 59.2 Å². The predicted octanol–water partition coefficient (Wildman–Crippen LogP) is 3.53. The van der Waals surface area contributed by atoms with Crippen LogP contribution in [0, 0.1) is 6.92 Å². The summed E-state index contributed by atoms with van der Waals surface area (Å²) in [5.74, 6) is -0.0759. The summed E-state index contributed by atoms with van der Waals surface area (Å²) in [4.78, 5) is 13.0. The Morgan fingerprint density at radius 3 is 2.45 bits per heavy atom. The number of carbonyl (C=O) groups excluding carboxylic acids is 1. The Morgan fingerprint density at radius 2 is 1.83 bits per heavy atom. The van der Waals surface area contributed by atoms with E-state index in [4.69, 9.17) is 4.74 Å². The minimum absolute atomic E-state index is 0.256. The highest BCUT2D eigenvalue weighted by molar-refractivity contribution is 7.89. The van der Waals surface area contributed by atoms with E-state index in [-0.39, 0.29) is 5.92 Å². The number of nitrogens with one attached hydrogen (secondary N) is 2. The number of halogens is 3. The fourth-order valence-electron chi connectivity index (χ4n) is 2.33. The maximum atomic E-state index is 12.7. The van der Waals surface area contributed by atoms with Gasteiger partial charge in [0.15, 0.2) is 6.61 Å². The summed E-state index contributed by atoms with van der Waals surface area (Å²) in [7, 11) is -4.38. The third-order valence-corrected chi connectivity index (χ3v) is 5.28. The van der Waals surface area contributed by atoms with Gasteiger partial charge in [-0.15, -0.1) is 4.83 Å². The number of ether oxygens (including phenoxy) is 1. The molecular weight excluding hydrogens is 409 g/mol. The number of hydrogen-bond acceptors (Lipinski definition) is 4. The van der Waals surface area contributed by atoms with Crippen LogP contribution in [-0.4, -0.2) is 20.9 Å². The van der Waals surface area contributed by atoms with Crippen molar-refractivity contribution in [2.45, 2.75) is 37.8 Å². The maximum Gasteiger partial charge on any atom is 0.416 e. The lowest BCUT2D eigenvalue weighted by molar-refractivity contribution is -0.137. The van der Waals surface area contributed by atoms with Gasteiger partial charge in [-0.25, -0.2) is 8.42 Å². The van der Waals surface area contributed by atoms with Gasteiger partial charge in [0.2, 0.25) is 0 Å². The van der Waals surface area contributed by atoms with Crippen molar-refractivity contribution >= 4 is 15.9 Å². The number of sulfonamides is 1. The number of carbonyl (C=O) groups is 1. The normalized spacial score (nSPS) is 12.1. The molecule has 2 aromatic carbocycles. The maximum absolute atomic E-state index is 12.7. The first-order chi connectivity index (χ1) is 13.4. The Kier molecular flexibility index (Phi) is 6.91. The molecule has 158 valence electrons.